The first-order valence-electron chi connectivity index (χ1n) is 7.04. The second-order valence-corrected chi connectivity index (χ2v) is 5.57. The third-order valence-electron chi connectivity index (χ3n) is 3.39. The van der Waals surface area contributed by atoms with Crippen molar-refractivity contribution in [3.8, 4) is 11.3 Å². The van der Waals surface area contributed by atoms with E-state index in [4.69, 9.17) is 5.11 Å². The molecule has 2 aromatic rings. The van der Waals surface area contributed by atoms with Crippen LogP contribution in [0.1, 0.15) is 29.9 Å². The highest BCUT2D eigenvalue weighted by Crippen LogP contribution is 2.18. The summed E-state index contributed by atoms with van der Waals surface area (Å²) >= 11 is 0. The molecule has 1 amide bonds. The molecule has 0 aliphatic heterocycles. The van der Waals surface area contributed by atoms with Gasteiger partial charge in [-0.1, -0.05) is 43.7 Å². The van der Waals surface area contributed by atoms with E-state index in [1.54, 1.807) is 19.9 Å². The van der Waals surface area contributed by atoms with E-state index in [2.05, 4.69) is 15.5 Å². The summed E-state index contributed by atoms with van der Waals surface area (Å²) in [6.07, 6.45) is 0. The van der Waals surface area contributed by atoms with Gasteiger partial charge in [-0.25, -0.2) is 4.79 Å². The van der Waals surface area contributed by atoms with Crippen LogP contribution < -0.4 is 5.32 Å². The molecule has 0 aliphatic carbocycles. The lowest BCUT2D eigenvalue weighted by Crippen LogP contribution is -2.44. The number of carbonyl (C=O) groups excluding carboxylic acids is 1. The van der Waals surface area contributed by atoms with E-state index >= 15 is 0 Å². The molecule has 1 aromatic carbocycles. The molecular formula is C16H19N3O3. The Kier molecular flexibility index (Phi) is 4.60. The highest BCUT2D eigenvalue weighted by atomic mass is 16.4. The van der Waals surface area contributed by atoms with Gasteiger partial charge >= 0.3 is 5.97 Å². The standard InChI is InChI=1S/C16H19N3O3/c1-9(2)14(16(21)22)17-15(20)13-8-12(18-19-13)11-6-4-10(3)5-7-11/h4-9,14H,1-3H3,(H,17,20)(H,18,19)(H,21,22)/t14-/m0/s1. The number of nitrogens with one attached hydrogen (secondary N) is 2. The second-order valence-electron chi connectivity index (χ2n) is 5.57. The third kappa shape index (κ3) is 3.52. The third-order valence-corrected chi connectivity index (χ3v) is 3.39. The van der Waals surface area contributed by atoms with Gasteiger partial charge in [-0.15, -0.1) is 0 Å². The highest BCUT2D eigenvalue weighted by Gasteiger charge is 2.24. The van der Waals surface area contributed by atoms with Crippen molar-refractivity contribution in [2.45, 2.75) is 26.8 Å². The van der Waals surface area contributed by atoms with Gasteiger partial charge in [0.05, 0.1) is 5.69 Å². The van der Waals surface area contributed by atoms with E-state index in [1.807, 2.05) is 31.2 Å². The van der Waals surface area contributed by atoms with Crippen molar-refractivity contribution in [2.24, 2.45) is 5.92 Å². The van der Waals surface area contributed by atoms with E-state index in [-0.39, 0.29) is 11.6 Å². The van der Waals surface area contributed by atoms with E-state index in [0.717, 1.165) is 11.1 Å². The summed E-state index contributed by atoms with van der Waals surface area (Å²) in [5.74, 6) is -1.74. The Morgan fingerprint density at radius 1 is 1.23 bits per heavy atom. The Labute approximate surface area is 128 Å². The number of benzene rings is 1. The van der Waals surface area contributed by atoms with E-state index in [0.29, 0.717) is 5.69 Å². The van der Waals surface area contributed by atoms with Crippen LogP contribution in [0.4, 0.5) is 0 Å². The predicted octanol–water partition coefficient (Wildman–Crippen LogP) is 2.22. The Bertz CT molecular complexity index is 674. The summed E-state index contributed by atoms with van der Waals surface area (Å²) in [5.41, 5.74) is 2.90. The fraction of sp³-hybridized carbons (Fsp3) is 0.312. The van der Waals surface area contributed by atoms with Gasteiger partial charge in [-0.05, 0) is 18.9 Å². The lowest BCUT2D eigenvalue weighted by Gasteiger charge is -2.17. The van der Waals surface area contributed by atoms with Crippen molar-refractivity contribution in [3.63, 3.8) is 0 Å². The fourth-order valence-corrected chi connectivity index (χ4v) is 2.04. The van der Waals surface area contributed by atoms with Gasteiger partial charge in [0.25, 0.3) is 5.91 Å². The maximum atomic E-state index is 12.1. The number of H-pyrrole nitrogens is 1. The molecule has 22 heavy (non-hydrogen) atoms. The first-order chi connectivity index (χ1) is 10.4. The van der Waals surface area contributed by atoms with Gasteiger partial charge in [0.15, 0.2) is 0 Å². The largest absolute Gasteiger partial charge is 0.480 e. The van der Waals surface area contributed by atoms with Crippen molar-refractivity contribution in [3.05, 3.63) is 41.6 Å². The van der Waals surface area contributed by atoms with Crippen LogP contribution in [-0.2, 0) is 4.79 Å². The molecule has 1 aromatic heterocycles. The molecule has 0 spiro atoms. The lowest BCUT2D eigenvalue weighted by molar-refractivity contribution is -0.140. The van der Waals surface area contributed by atoms with Gasteiger partial charge in [0.1, 0.15) is 11.7 Å². The molecule has 2 rings (SSSR count). The molecular weight excluding hydrogens is 282 g/mol. The Hall–Kier alpha value is -2.63. The lowest BCUT2D eigenvalue weighted by atomic mass is 10.0. The van der Waals surface area contributed by atoms with Gasteiger partial charge in [-0.2, -0.15) is 5.10 Å². The number of hydrogen-bond acceptors (Lipinski definition) is 3. The molecule has 1 heterocycles. The van der Waals surface area contributed by atoms with Crippen molar-refractivity contribution < 1.29 is 14.7 Å². The molecule has 0 aliphatic rings. The number of rotatable bonds is 5. The van der Waals surface area contributed by atoms with Gasteiger partial charge in [0.2, 0.25) is 0 Å². The summed E-state index contributed by atoms with van der Waals surface area (Å²) in [6.45, 7) is 5.47. The number of aliphatic carboxylic acids is 1. The van der Waals surface area contributed by atoms with Crippen molar-refractivity contribution in [1.29, 1.82) is 0 Å². The first-order valence-corrected chi connectivity index (χ1v) is 7.04. The van der Waals surface area contributed by atoms with Crippen molar-refractivity contribution in [2.75, 3.05) is 0 Å². The van der Waals surface area contributed by atoms with Crippen molar-refractivity contribution >= 4 is 11.9 Å². The smallest absolute Gasteiger partial charge is 0.326 e. The Morgan fingerprint density at radius 3 is 2.41 bits per heavy atom. The minimum absolute atomic E-state index is 0.207. The summed E-state index contributed by atoms with van der Waals surface area (Å²) in [6, 6.07) is 8.44. The molecule has 0 radical (unpaired) electrons. The zero-order chi connectivity index (χ0) is 16.3. The number of aryl methyl sites for hydroxylation is 1. The van der Waals surface area contributed by atoms with Crippen LogP contribution in [0, 0.1) is 12.8 Å². The predicted molar refractivity (Wildman–Crippen MR) is 82.5 cm³/mol. The summed E-state index contributed by atoms with van der Waals surface area (Å²) in [7, 11) is 0. The minimum atomic E-state index is -1.05. The number of hydrogen-bond donors (Lipinski definition) is 3. The topological polar surface area (TPSA) is 95.1 Å². The van der Waals surface area contributed by atoms with Crippen LogP contribution in [0.3, 0.4) is 0 Å². The summed E-state index contributed by atoms with van der Waals surface area (Å²) < 4.78 is 0. The van der Waals surface area contributed by atoms with Crippen LogP contribution in [0.25, 0.3) is 11.3 Å². The molecule has 6 heteroatoms. The number of carbonyl (C=O) groups is 2. The maximum Gasteiger partial charge on any atom is 0.326 e. The normalized spacial score (nSPS) is 12.2. The Balaban J connectivity index is 2.15. The Morgan fingerprint density at radius 2 is 1.86 bits per heavy atom. The van der Waals surface area contributed by atoms with E-state index < -0.39 is 17.9 Å². The van der Waals surface area contributed by atoms with Crippen LogP contribution in [0.2, 0.25) is 0 Å². The van der Waals surface area contributed by atoms with Gasteiger partial charge in [-0.3, -0.25) is 9.89 Å². The van der Waals surface area contributed by atoms with Crippen LogP contribution >= 0.6 is 0 Å². The molecule has 6 nitrogen and oxygen atoms in total. The van der Waals surface area contributed by atoms with Crippen LogP contribution in [0.15, 0.2) is 30.3 Å². The molecule has 0 saturated heterocycles. The number of nitrogens with zero attached hydrogens (tertiary/aromatic N) is 1. The van der Waals surface area contributed by atoms with Gasteiger partial charge in [0, 0.05) is 5.56 Å². The molecule has 0 saturated carbocycles. The number of carboxylic acid groups (broad SMARTS) is 1. The summed E-state index contributed by atoms with van der Waals surface area (Å²) in [5, 5.41) is 18.4. The monoisotopic (exact) mass is 301 g/mol. The highest BCUT2D eigenvalue weighted by molar-refractivity contribution is 5.95. The average Bonchev–Trinajstić information content (AvgIpc) is 2.94. The zero-order valence-electron chi connectivity index (χ0n) is 12.8. The first kappa shape index (κ1) is 15.8. The SMILES string of the molecule is Cc1ccc(-c2cc(C(=O)N[C@H](C(=O)O)C(C)C)[nH]n2)cc1. The fourth-order valence-electron chi connectivity index (χ4n) is 2.04. The number of carboxylic acids is 1. The van der Waals surface area contributed by atoms with Crippen LogP contribution in [-0.4, -0.2) is 33.2 Å². The van der Waals surface area contributed by atoms with Crippen molar-refractivity contribution in [1.82, 2.24) is 15.5 Å². The van der Waals surface area contributed by atoms with E-state index in [1.165, 1.54) is 0 Å². The summed E-state index contributed by atoms with van der Waals surface area (Å²) in [4.78, 5) is 23.2. The second kappa shape index (κ2) is 6.43. The van der Waals surface area contributed by atoms with Gasteiger partial charge < -0.3 is 10.4 Å². The number of amides is 1. The molecule has 0 bridgehead atoms. The molecule has 0 fully saturated rings. The molecule has 116 valence electrons. The zero-order valence-corrected chi connectivity index (χ0v) is 12.8. The molecule has 0 unspecified atom stereocenters. The maximum absolute atomic E-state index is 12.1. The molecule has 3 N–H and O–H groups in total. The van der Waals surface area contributed by atoms with E-state index in [9.17, 15) is 9.59 Å². The minimum Gasteiger partial charge on any atom is -0.480 e. The molecule has 1 atom stereocenters. The average molecular weight is 301 g/mol. The quantitative estimate of drug-likeness (QED) is 0.789. The number of aromatic nitrogens is 2. The number of aromatic amines is 1. The van der Waals surface area contributed by atoms with Crippen LogP contribution in [0.5, 0.6) is 0 Å².